The molecule has 1 aromatic heterocycles. The van der Waals surface area contributed by atoms with Crippen molar-refractivity contribution < 1.29 is 18.0 Å². The van der Waals surface area contributed by atoms with Gasteiger partial charge in [0.2, 0.25) is 15.9 Å². The molecule has 0 bridgehead atoms. The fourth-order valence-corrected chi connectivity index (χ4v) is 5.93. The van der Waals surface area contributed by atoms with Gasteiger partial charge in [0.1, 0.15) is 6.04 Å². The Bertz CT molecular complexity index is 1090. The van der Waals surface area contributed by atoms with E-state index in [1.807, 2.05) is 12.3 Å². The van der Waals surface area contributed by atoms with Crippen molar-refractivity contribution in [1.82, 2.24) is 14.9 Å². The number of nitrogens with one attached hydrogen (secondary N) is 2. The Hall–Kier alpha value is -2.23. The highest BCUT2D eigenvalue weighted by molar-refractivity contribution is 7.89. The number of nitrogens with zero attached hydrogens (tertiary/aromatic N) is 1. The molecular formula is C23H29N3O4S2. The van der Waals surface area contributed by atoms with Crippen LogP contribution in [0.5, 0.6) is 0 Å². The Labute approximate surface area is 193 Å². The van der Waals surface area contributed by atoms with E-state index in [9.17, 15) is 18.0 Å². The Morgan fingerprint density at radius 2 is 2.06 bits per heavy atom. The van der Waals surface area contributed by atoms with Crippen molar-refractivity contribution in [2.24, 2.45) is 5.92 Å². The minimum atomic E-state index is -3.67. The molecule has 1 aliphatic heterocycles. The van der Waals surface area contributed by atoms with Gasteiger partial charge in [-0.15, -0.1) is 11.3 Å². The van der Waals surface area contributed by atoms with Crippen LogP contribution in [0.15, 0.2) is 40.6 Å². The first-order valence-electron chi connectivity index (χ1n) is 11.1. The van der Waals surface area contributed by atoms with Crippen LogP contribution in [-0.4, -0.2) is 44.3 Å². The molecule has 1 unspecified atom stereocenters. The largest absolute Gasteiger partial charge is 0.340 e. The lowest BCUT2D eigenvalue weighted by Gasteiger charge is -2.31. The Kier molecular flexibility index (Phi) is 6.97. The second-order valence-corrected chi connectivity index (χ2v) is 11.3. The lowest BCUT2D eigenvalue weighted by Crippen LogP contribution is -2.49. The summed E-state index contributed by atoms with van der Waals surface area (Å²) in [5.74, 6) is -0.117. The third-order valence-corrected chi connectivity index (χ3v) is 8.41. The second kappa shape index (κ2) is 9.72. The molecule has 172 valence electrons. The lowest BCUT2D eigenvalue weighted by molar-refractivity contribution is -0.134. The van der Waals surface area contributed by atoms with Gasteiger partial charge in [-0.1, -0.05) is 19.4 Å². The summed E-state index contributed by atoms with van der Waals surface area (Å²) in [6.45, 7) is 3.60. The minimum absolute atomic E-state index is 0.0604. The van der Waals surface area contributed by atoms with Gasteiger partial charge in [-0.25, -0.2) is 13.1 Å². The molecule has 9 heteroatoms. The van der Waals surface area contributed by atoms with Crippen LogP contribution in [0.1, 0.15) is 53.4 Å². The molecule has 0 radical (unpaired) electrons. The van der Waals surface area contributed by atoms with E-state index in [4.69, 9.17) is 0 Å². The van der Waals surface area contributed by atoms with Gasteiger partial charge in [-0.2, -0.15) is 0 Å². The van der Waals surface area contributed by atoms with Gasteiger partial charge in [-0.3, -0.25) is 9.59 Å². The van der Waals surface area contributed by atoms with Gasteiger partial charge in [0, 0.05) is 30.1 Å². The molecule has 2 heterocycles. The molecular weight excluding hydrogens is 446 g/mol. The van der Waals surface area contributed by atoms with Gasteiger partial charge < -0.3 is 10.2 Å². The first-order valence-corrected chi connectivity index (χ1v) is 13.5. The van der Waals surface area contributed by atoms with Gasteiger partial charge in [0.15, 0.2) is 0 Å². The zero-order valence-corrected chi connectivity index (χ0v) is 19.8. The summed E-state index contributed by atoms with van der Waals surface area (Å²) in [6, 6.07) is 7.39. The van der Waals surface area contributed by atoms with E-state index in [0.29, 0.717) is 32.0 Å². The average Bonchev–Trinajstić information content (AvgIpc) is 3.51. The van der Waals surface area contributed by atoms with Gasteiger partial charge in [0.05, 0.1) is 4.90 Å². The molecule has 0 spiro atoms. The summed E-state index contributed by atoms with van der Waals surface area (Å²) in [4.78, 5) is 29.3. The van der Waals surface area contributed by atoms with Crippen molar-refractivity contribution in [3.05, 3.63) is 51.7 Å². The summed E-state index contributed by atoms with van der Waals surface area (Å²) >= 11 is 1.72. The van der Waals surface area contributed by atoms with Crippen LogP contribution in [0.2, 0.25) is 0 Å². The standard InChI is InChI=1S/C23H29N3O4S2/c1-2-4-20(23(28)26-11-9-21-18(15-26)10-12-31-21)25-22(27)17-5-3-6-19(13-17)32(29,30)24-14-16-7-8-16/h3,5-6,10,12-13,16,20,24H,2,4,7-9,11,14-15H2,1H3,(H,25,27). The van der Waals surface area contributed by atoms with E-state index in [-0.39, 0.29) is 16.4 Å². The van der Waals surface area contributed by atoms with Crippen LogP contribution in [0.4, 0.5) is 0 Å². The number of amides is 2. The predicted molar refractivity (Wildman–Crippen MR) is 124 cm³/mol. The van der Waals surface area contributed by atoms with Crippen molar-refractivity contribution in [3.63, 3.8) is 0 Å². The summed E-state index contributed by atoms with van der Waals surface area (Å²) in [5, 5.41) is 4.89. The number of carbonyl (C=O) groups excluding carboxylic acids is 2. The molecule has 1 fully saturated rings. The Morgan fingerprint density at radius 1 is 1.25 bits per heavy atom. The van der Waals surface area contributed by atoms with Crippen LogP contribution in [0, 0.1) is 5.92 Å². The number of fused-ring (bicyclic) bond motifs is 1. The topological polar surface area (TPSA) is 95.6 Å². The molecule has 2 amide bonds. The molecule has 2 N–H and O–H groups in total. The first kappa shape index (κ1) is 22.9. The maximum atomic E-state index is 13.2. The minimum Gasteiger partial charge on any atom is -0.340 e. The van der Waals surface area contributed by atoms with E-state index in [0.717, 1.165) is 25.7 Å². The molecule has 32 heavy (non-hydrogen) atoms. The van der Waals surface area contributed by atoms with E-state index in [1.165, 1.54) is 22.6 Å². The van der Waals surface area contributed by atoms with Crippen LogP contribution >= 0.6 is 11.3 Å². The number of sulfonamides is 1. The number of rotatable bonds is 9. The van der Waals surface area contributed by atoms with Crippen molar-refractivity contribution in [3.8, 4) is 0 Å². The molecule has 1 atom stereocenters. The number of carbonyl (C=O) groups is 2. The van der Waals surface area contributed by atoms with Crippen LogP contribution in [0.25, 0.3) is 0 Å². The number of thiophene rings is 1. The van der Waals surface area contributed by atoms with Gasteiger partial charge in [0.25, 0.3) is 5.91 Å². The number of hydrogen-bond donors (Lipinski definition) is 2. The van der Waals surface area contributed by atoms with Crippen molar-refractivity contribution in [2.75, 3.05) is 13.1 Å². The summed E-state index contributed by atoms with van der Waals surface area (Å²) < 4.78 is 27.7. The number of hydrogen-bond acceptors (Lipinski definition) is 5. The highest BCUT2D eigenvalue weighted by Crippen LogP contribution is 2.28. The van der Waals surface area contributed by atoms with Crippen LogP contribution in [0.3, 0.4) is 0 Å². The fraction of sp³-hybridized carbons (Fsp3) is 0.478. The summed E-state index contributed by atoms with van der Waals surface area (Å²) in [7, 11) is -3.67. The zero-order valence-electron chi connectivity index (χ0n) is 18.2. The molecule has 2 aromatic rings. The van der Waals surface area contributed by atoms with E-state index in [1.54, 1.807) is 28.4 Å². The Morgan fingerprint density at radius 3 is 2.81 bits per heavy atom. The fourth-order valence-electron chi connectivity index (χ4n) is 3.88. The highest BCUT2D eigenvalue weighted by Gasteiger charge is 2.29. The van der Waals surface area contributed by atoms with Crippen molar-refractivity contribution in [2.45, 2.75) is 56.5 Å². The molecule has 0 saturated heterocycles. The maximum absolute atomic E-state index is 13.2. The number of benzene rings is 1. The Balaban J connectivity index is 1.44. The average molecular weight is 476 g/mol. The predicted octanol–water partition coefficient (Wildman–Crippen LogP) is 2.92. The van der Waals surface area contributed by atoms with Crippen LogP contribution in [-0.2, 0) is 27.8 Å². The van der Waals surface area contributed by atoms with E-state index < -0.39 is 22.0 Å². The second-order valence-electron chi connectivity index (χ2n) is 8.52. The summed E-state index contributed by atoms with van der Waals surface area (Å²) in [6.07, 6.45) is 4.19. The molecule has 1 aromatic carbocycles. The third-order valence-electron chi connectivity index (χ3n) is 5.97. The lowest BCUT2D eigenvalue weighted by atomic mass is 10.1. The molecule has 2 aliphatic rings. The zero-order chi connectivity index (χ0) is 22.7. The maximum Gasteiger partial charge on any atom is 0.251 e. The highest BCUT2D eigenvalue weighted by atomic mass is 32.2. The van der Waals surface area contributed by atoms with E-state index in [2.05, 4.69) is 16.1 Å². The van der Waals surface area contributed by atoms with Gasteiger partial charge >= 0.3 is 0 Å². The smallest absolute Gasteiger partial charge is 0.251 e. The monoisotopic (exact) mass is 475 g/mol. The summed E-state index contributed by atoms with van der Waals surface area (Å²) in [5.41, 5.74) is 1.40. The van der Waals surface area contributed by atoms with Gasteiger partial charge in [-0.05, 0) is 66.8 Å². The third kappa shape index (κ3) is 5.39. The quantitative estimate of drug-likeness (QED) is 0.583. The van der Waals surface area contributed by atoms with Crippen LogP contribution < -0.4 is 10.0 Å². The van der Waals surface area contributed by atoms with Crippen molar-refractivity contribution in [1.29, 1.82) is 0 Å². The molecule has 7 nitrogen and oxygen atoms in total. The molecule has 4 rings (SSSR count). The molecule has 1 saturated carbocycles. The first-order chi connectivity index (χ1) is 15.4. The van der Waals surface area contributed by atoms with Crippen molar-refractivity contribution >= 4 is 33.2 Å². The molecule has 1 aliphatic carbocycles. The normalized spacial score (nSPS) is 17.0. The van der Waals surface area contributed by atoms with E-state index >= 15 is 0 Å². The SMILES string of the molecule is CCCC(NC(=O)c1cccc(S(=O)(=O)NCC2CC2)c1)C(=O)N1CCc2sccc2C1.